The molecule has 0 bridgehead atoms. The second-order valence-corrected chi connectivity index (χ2v) is 5.75. The maximum absolute atomic E-state index is 6.04. The van der Waals surface area contributed by atoms with E-state index in [2.05, 4.69) is 24.8 Å². The molecule has 112 valence electrons. The summed E-state index contributed by atoms with van der Waals surface area (Å²) in [5, 5.41) is 0. The molecule has 1 fully saturated rings. The lowest BCUT2D eigenvalue weighted by Gasteiger charge is -2.31. The standard InChI is InChI=1S/C16H26N2O2/c1-11-7-12(2)18(10-11)14(9-17)13-5-6-15(19-3)16(8-13)20-4/h5-6,8,11-12,14H,7,9-10,17H2,1-4H3. The highest BCUT2D eigenvalue weighted by molar-refractivity contribution is 5.44. The summed E-state index contributed by atoms with van der Waals surface area (Å²) >= 11 is 0. The van der Waals surface area contributed by atoms with Gasteiger partial charge in [-0.3, -0.25) is 4.90 Å². The third kappa shape index (κ3) is 2.91. The Balaban J connectivity index is 2.27. The highest BCUT2D eigenvalue weighted by Crippen LogP contribution is 2.35. The molecule has 2 rings (SSSR count). The molecule has 0 spiro atoms. The van der Waals surface area contributed by atoms with Gasteiger partial charge in [-0.05, 0) is 37.0 Å². The van der Waals surface area contributed by atoms with Gasteiger partial charge >= 0.3 is 0 Å². The number of benzene rings is 1. The molecule has 1 aliphatic heterocycles. The van der Waals surface area contributed by atoms with Crippen LogP contribution in [0.5, 0.6) is 11.5 Å². The van der Waals surface area contributed by atoms with E-state index in [1.807, 2.05) is 12.1 Å². The van der Waals surface area contributed by atoms with Gasteiger partial charge in [0.15, 0.2) is 11.5 Å². The summed E-state index contributed by atoms with van der Waals surface area (Å²) < 4.78 is 10.7. The van der Waals surface area contributed by atoms with Crippen molar-refractivity contribution in [3.63, 3.8) is 0 Å². The fraction of sp³-hybridized carbons (Fsp3) is 0.625. The van der Waals surface area contributed by atoms with Crippen molar-refractivity contribution < 1.29 is 9.47 Å². The summed E-state index contributed by atoms with van der Waals surface area (Å²) in [6.07, 6.45) is 1.24. The Morgan fingerprint density at radius 1 is 1.25 bits per heavy atom. The highest BCUT2D eigenvalue weighted by Gasteiger charge is 2.32. The van der Waals surface area contributed by atoms with Gasteiger partial charge in [0.1, 0.15) is 0 Å². The minimum Gasteiger partial charge on any atom is -0.493 e. The van der Waals surface area contributed by atoms with E-state index in [9.17, 15) is 0 Å². The summed E-state index contributed by atoms with van der Waals surface area (Å²) in [5.41, 5.74) is 7.24. The fourth-order valence-corrected chi connectivity index (χ4v) is 3.29. The number of ether oxygens (including phenoxy) is 2. The molecule has 4 nitrogen and oxygen atoms in total. The number of nitrogens with zero attached hydrogens (tertiary/aromatic N) is 1. The molecule has 1 aromatic rings. The Morgan fingerprint density at radius 3 is 2.45 bits per heavy atom. The van der Waals surface area contributed by atoms with Crippen molar-refractivity contribution in [2.45, 2.75) is 32.4 Å². The summed E-state index contributed by atoms with van der Waals surface area (Å²) in [4.78, 5) is 2.51. The van der Waals surface area contributed by atoms with Gasteiger partial charge in [0.25, 0.3) is 0 Å². The highest BCUT2D eigenvalue weighted by atomic mass is 16.5. The Labute approximate surface area is 121 Å². The first-order valence-corrected chi connectivity index (χ1v) is 7.28. The molecule has 0 saturated carbocycles. The van der Waals surface area contributed by atoms with E-state index in [1.165, 1.54) is 12.0 Å². The third-order valence-electron chi connectivity index (χ3n) is 4.25. The third-order valence-corrected chi connectivity index (χ3v) is 4.25. The molecule has 0 aromatic heterocycles. The maximum atomic E-state index is 6.04. The number of hydrogen-bond donors (Lipinski definition) is 1. The maximum Gasteiger partial charge on any atom is 0.161 e. The minimum absolute atomic E-state index is 0.245. The predicted octanol–water partition coefficient (Wildman–Crippen LogP) is 2.43. The van der Waals surface area contributed by atoms with E-state index >= 15 is 0 Å². The van der Waals surface area contributed by atoms with Crippen molar-refractivity contribution in [1.29, 1.82) is 0 Å². The van der Waals surface area contributed by atoms with Crippen molar-refractivity contribution in [2.24, 2.45) is 11.7 Å². The average Bonchev–Trinajstić information content (AvgIpc) is 2.78. The number of rotatable bonds is 5. The summed E-state index contributed by atoms with van der Waals surface area (Å²) in [5.74, 6) is 2.26. The van der Waals surface area contributed by atoms with E-state index in [0.717, 1.165) is 24.0 Å². The molecule has 2 N–H and O–H groups in total. The topological polar surface area (TPSA) is 47.7 Å². The molecule has 1 saturated heterocycles. The van der Waals surface area contributed by atoms with Gasteiger partial charge in [-0.2, -0.15) is 0 Å². The second-order valence-electron chi connectivity index (χ2n) is 5.75. The van der Waals surface area contributed by atoms with Crippen LogP contribution < -0.4 is 15.2 Å². The predicted molar refractivity (Wildman–Crippen MR) is 81.3 cm³/mol. The molecule has 1 aliphatic rings. The summed E-state index contributed by atoms with van der Waals surface area (Å²) in [6.45, 7) is 6.31. The van der Waals surface area contributed by atoms with Crippen LogP contribution in [0.1, 0.15) is 31.9 Å². The first kappa shape index (κ1) is 15.1. The molecule has 4 heteroatoms. The average molecular weight is 278 g/mol. The van der Waals surface area contributed by atoms with Crippen molar-refractivity contribution >= 4 is 0 Å². The molecule has 20 heavy (non-hydrogen) atoms. The quantitative estimate of drug-likeness (QED) is 0.898. The van der Waals surface area contributed by atoms with Crippen LogP contribution in [-0.4, -0.2) is 38.3 Å². The zero-order chi connectivity index (χ0) is 14.7. The SMILES string of the molecule is COc1ccc(C(CN)N2CC(C)CC2C)cc1OC. The Kier molecular flexibility index (Phi) is 4.89. The van der Waals surface area contributed by atoms with Crippen LogP contribution >= 0.6 is 0 Å². The van der Waals surface area contributed by atoms with Gasteiger partial charge in [0.05, 0.1) is 14.2 Å². The zero-order valence-electron chi connectivity index (χ0n) is 12.9. The molecule has 0 amide bonds. The Bertz CT molecular complexity index is 450. The van der Waals surface area contributed by atoms with Crippen LogP contribution in [0.4, 0.5) is 0 Å². The number of nitrogens with two attached hydrogens (primary N) is 1. The molecular weight excluding hydrogens is 252 g/mol. The van der Waals surface area contributed by atoms with Crippen LogP contribution in [0.3, 0.4) is 0 Å². The smallest absolute Gasteiger partial charge is 0.161 e. The molecule has 3 atom stereocenters. The van der Waals surface area contributed by atoms with Gasteiger partial charge in [-0.25, -0.2) is 0 Å². The van der Waals surface area contributed by atoms with E-state index in [4.69, 9.17) is 15.2 Å². The van der Waals surface area contributed by atoms with Gasteiger partial charge in [-0.15, -0.1) is 0 Å². The molecule has 0 radical (unpaired) electrons. The van der Waals surface area contributed by atoms with Crippen LogP contribution in [0.15, 0.2) is 18.2 Å². The molecule has 1 heterocycles. The van der Waals surface area contributed by atoms with Crippen molar-refractivity contribution in [3.05, 3.63) is 23.8 Å². The van der Waals surface area contributed by atoms with E-state index in [1.54, 1.807) is 14.2 Å². The number of methoxy groups -OCH3 is 2. The minimum atomic E-state index is 0.245. The van der Waals surface area contributed by atoms with E-state index in [-0.39, 0.29) is 6.04 Å². The first-order valence-electron chi connectivity index (χ1n) is 7.28. The summed E-state index contributed by atoms with van der Waals surface area (Å²) in [7, 11) is 3.32. The van der Waals surface area contributed by atoms with Gasteiger partial charge in [-0.1, -0.05) is 13.0 Å². The number of hydrogen-bond acceptors (Lipinski definition) is 4. The summed E-state index contributed by atoms with van der Waals surface area (Å²) in [6, 6.07) is 6.92. The van der Waals surface area contributed by atoms with Crippen LogP contribution in [-0.2, 0) is 0 Å². The Hall–Kier alpha value is -1.26. The van der Waals surface area contributed by atoms with Crippen molar-refractivity contribution in [2.75, 3.05) is 27.3 Å². The zero-order valence-corrected chi connectivity index (χ0v) is 12.9. The lowest BCUT2D eigenvalue weighted by atomic mass is 10.0. The number of likely N-dealkylation sites (tertiary alicyclic amines) is 1. The van der Waals surface area contributed by atoms with Crippen LogP contribution in [0.2, 0.25) is 0 Å². The van der Waals surface area contributed by atoms with E-state index in [0.29, 0.717) is 12.6 Å². The Morgan fingerprint density at radius 2 is 1.95 bits per heavy atom. The first-order chi connectivity index (χ1) is 9.60. The lowest BCUT2D eigenvalue weighted by Crippen LogP contribution is -2.36. The van der Waals surface area contributed by atoms with Gasteiger partial charge in [0, 0.05) is 25.2 Å². The normalized spacial score (nSPS) is 24.6. The lowest BCUT2D eigenvalue weighted by molar-refractivity contribution is 0.192. The molecular formula is C16H26N2O2. The van der Waals surface area contributed by atoms with E-state index < -0.39 is 0 Å². The van der Waals surface area contributed by atoms with Crippen LogP contribution in [0, 0.1) is 5.92 Å². The van der Waals surface area contributed by atoms with Crippen molar-refractivity contribution in [1.82, 2.24) is 4.90 Å². The molecule has 0 aliphatic carbocycles. The van der Waals surface area contributed by atoms with Gasteiger partial charge in [0.2, 0.25) is 0 Å². The van der Waals surface area contributed by atoms with Crippen LogP contribution in [0.25, 0.3) is 0 Å². The second kappa shape index (κ2) is 6.46. The fourth-order valence-electron chi connectivity index (χ4n) is 3.29. The largest absolute Gasteiger partial charge is 0.493 e. The van der Waals surface area contributed by atoms with Crippen molar-refractivity contribution in [3.8, 4) is 11.5 Å². The monoisotopic (exact) mass is 278 g/mol. The molecule has 3 unspecified atom stereocenters. The van der Waals surface area contributed by atoms with Gasteiger partial charge < -0.3 is 15.2 Å². The molecule has 1 aromatic carbocycles.